The fraction of sp³-hybridized carbons (Fsp3) is 0.385. The minimum atomic E-state index is -0.980. The molecule has 1 N–H and O–H groups in total. The Morgan fingerprint density at radius 2 is 2.10 bits per heavy atom. The van der Waals surface area contributed by atoms with Gasteiger partial charge in [-0.15, -0.1) is 0 Å². The number of carbonyl (C=O) groups excluding carboxylic acids is 1. The fourth-order valence-electron chi connectivity index (χ4n) is 1.77. The summed E-state index contributed by atoms with van der Waals surface area (Å²) in [5.74, 6) is -1.47. The number of methoxy groups -OCH3 is 1. The maximum Gasteiger partial charge on any atom is 0.309 e. The van der Waals surface area contributed by atoms with Crippen LogP contribution in [-0.2, 0) is 20.7 Å². The van der Waals surface area contributed by atoms with E-state index in [4.69, 9.17) is 5.11 Å². The molecule has 8 heteroatoms. The van der Waals surface area contributed by atoms with Gasteiger partial charge in [0.2, 0.25) is 0 Å². The molecule has 0 atom stereocenters. The van der Waals surface area contributed by atoms with E-state index in [1.807, 2.05) is 0 Å². The average molecular weight is 296 g/mol. The first-order chi connectivity index (χ1) is 9.85. The lowest BCUT2D eigenvalue weighted by molar-refractivity contribution is -0.384. The molecule has 0 fully saturated rings. The Balaban J connectivity index is 3.01. The molecule has 0 saturated heterocycles. The van der Waals surface area contributed by atoms with Gasteiger partial charge in [-0.2, -0.15) is 0 Å². The summed E-state index contributed by atoms with van der Waals surface area (Å²) >= 11 is 0. The normalized spacial score (nSPS) is 10.0. The second-order valence-corrected chi connectivity index (χ2v) is 4.40. The van der Waals surface area contributed by atoms with Crippen molar-refractivity contribution >= 4 is 23.3 Å². The molecule has 0 saturated carbocycles. The Morgan fingerprint density at radius 3 is 2.62 bits per heavy atom. The Hall–Kier alpha value is -2.64. The van der Waals surface area contributed by atoms with Gasteiger partial charge in [0.25, 0.3) is 5.69 Å². The minimum absolute atomic E-state index is 0.0591. The molecule has 1 rings (SSSR count). The molecule has 0 amide bonds. The number of rotatable bonds is 7. The molecular formula is C13H16N2O6. The van der Waals surface area contributed by atoms with E-state index in [2.05, 4.69) is 4.74 Å². The highest BCUT2D eigenvalue weighted by molar-refractivity contribution is 5.74. The van der Waals surface area contributed by atoms with E-state index in [0.29, 0.717) is 11.3 Å². The van der Waals surface area contributed by atoms with Crippen LogP contribution in [0.3, 0.4) is 0 Å². The van der Waals surface area contributed by atoms with Gasteiger partial charge in [-0.05, 0) is 11.6 Å². The van der Waals surface area contributed by atoms with Crippen LogP contribution >= 0.6 is 0 Å². The smallest absolute Gasteiger partial charge is 0.309 e. The highest BCUT2D eigenvalue weighted by Gasteiger charge is 2.19. The third-order valence-corrected chi connectivity index (χ3v) is 2.88. The fourth-order valence-corrected chi connectivity index (χ4v) is 1.77. The van der Waals surface area contributed by atoms with Crippen molar-refractivity contribution in [3.63, 3.8) is 0 Å². The van der Waals surface area contributed by atoms with E-state index < -0.39 is 16.9 Å². The van der Waals surface area contributed by atoms with Gasteiger partial charge in [-0.3, -0.25) is 19.7 Å². The standard InChI is InChI=1S/C13H16N2O6/c1-14(6-5-12(16)17)10-4-3-9(8-13(18)21-2)7-11(10)15(19)20/h3-4,7H,5-6,8H2,1-2H3,(H,16,17). The number of hydrogen-bond acceptors (Lipinski definition) is 6. The van der Waals surface area contributed by atoms with Crippen LogP contribution < -0.4 is 4.90 Å². The van der Waals surface area contributed by atoms with Crippen LogP contribution in [0.4, 0.5) is 11.4 Å². The largest absolute Gasteiger partial charge is 0.481 e. The monoisotopic (exact) mass is 296 g/mol. The number of anilines is 1. The number of nitro groups is 1. The molecular weight excluding hydrogens is 280 g/mol. The first-order valence-electron chi connectivity index (χ1n) is 6.12. The van der Waals surface area contributed by atoms with Crippen LogP contribution in [0.15, 0.2) is 18.2 Å². The average Bonchev–Trinajstić information content (AvgIpc) is 2.44. The van der Waals surface area contributed by atoms with Crippen LogP contribution in [0, 0.1) is 10.1 Å². The molecule has 0 aliphatic rings. The highest BCUT2D eigenvalue weighted by Crippen LogP contribution is 2.28. The highest BCUT2D eigenvalue weighted by atomic mass is 16.6. The van der Waals surface area contributed by atoms with Crippen LogP contribution in [0.2, 0.25) is 0 Å². The Bertz CT molecular complexity index is 558. The van der Waals surface area contributed by atoms with Crippen molar-refractivity contribution in [2.75, 3.05) is 25.6 Å². The molecule has 0 aliphatic carbocycles. The number of benzene rings is 1. The zero-order chi connectivity index (χ0) is 16.0. The minimum Gasteiger partial charge on any atom is -0.481 e. The van der Waals surface area contributed by atoms with Crippen molar-refractivity contribution in [3.05, 3.63) is 33.9 Å². The summed E-state index contributed by atoms with van der Waals surface area (Å²) in [6, 6.07) is 4.37. The van der Waals surface area contributed by atoms with Crippen molar-refractivity contribution in [1.29, 1.82) is 0 Å². The summed E-state index contributed by atoms with van der Waals surface area (Å²) in [7, 11) is 2.82. The lowest BCUT2D eigenvalue weighted by Gasteiger charge is -2.18. The van der Waals surface area contributed by atoms with Crippen molar-refractivity contribution in [1.82, 2.24) is 0 Å². The molecule has 1 aromatic carbocycles. The predicted octanol–water partition coefficient (Wildman–Crippen LogP) is 1.22. The molecule has 0 aliphatic heterocycles. The molecule has 0 aromatic heterocycles. The first-order valence-corrected chi connectivity index (χ1v) is 6.12. The van der Waals surface area contributed by atoms with Gasteiger partial charge < -0.3 is 14.7 Å². The van der Waals surface area contributed by atoms with Gasteiger partial charge in [0.15, 0.2) is 0 Å². The molecule has 0 spiro atoms. The van der Waals surface area contributed by atoms with Crippen LogP contribution in [0.25, 0.3) is 0 Å². The lowest BCUT2D eigenvalue weighted by Crippen LogP contribution is -2.22. The summed E-state index contributed by atoms with van der Waals surface area (Å²) in [4.78, 5) is 33.8. The maximum absolute atomic E-state index is 11.2. The zero-order valence-corrected chi connectivity index (χ0v) is 11.7. The van der Waals surface area contributed by atoms with Gasteiger partial charge >= 0.3 is 11.9 Å². The summed E-state index contributed by atoms with van der Waals surface area (Å²) < 4.78 is 4.51. The molecule has 0 heterocycles. The summed E-state index contributed by atoms with van der Waals surface area (Å²) in [6.45, 7) is 0.145. The van der Waals surface area contributed by atoms with E-state index in [-0.39, 0.29) is 25.1 Å². The van der Waals surface area contributed by atoms with E-state index in [9.17, 15) is 19.7 Å². The second kappa shape index (κ2) is 7.22. The lowest BCUT2D eigenvalue weighted by atomic mass is 10.1. The predicted molar refractivity (Wildman–Crippen MR) is 74.3 cm³/mol. The number of aliphatic carboxylic acids is 1. The van der Waals surface area contributed by atoms with Crippen molar-refractivity contribution in [3.8, 4) is 0 Å². The summed E-state index contributed by atoms with van der Waals surface area (Å²) in [6.07, 6.45) is -0.186. The maximum atomic E-state index is 11.2. The number of carbonyl (C=O) groups is 2. The van der Waals surface area contributed by atoms with E-state index in [1.165, 1.54) is 24.1 Å². The van der Waals surface area contributed by atoms with E-state index in [0.717, 1.165) is 0 Å². The number of esters is 1. The van der Waals surface area contributed by atoms with Gasteiger partial charge in [0.05, 0.1) is 24.9 Å². The number of hydrogen-bond donors (Lipinski definition) is 1. The zero-order valence-electron chi connectivity index (χ0n) is 11.7. The SMILES string of the molecule is COC(=O)Cc1ccc(N(C)CCC(=O)O)c([N+](=O)[O-])c1. The van der Waals surface area contributed by atoms with Crippen LogP contribution in [0.1, 0.15) is 12.0 Å². The molecule has 1 aromatic rings. The molecule has 114 valence electrons. The van der Waals surface area contributed by atoms with Crippen molar-refractivity contribution in [2.45, 2.75) is 12.8 Å². The number of carboxylic acids is 1. The second-order valence-electron chi connectivity index (χ2n) is 4.40. The number of nitrogens with zero attached hydrogens (tertiary/aromatic N) is 2. The third kappa shape index (κ3) is 4.75. The summed E-state index contributed by atoms with van der Waals surface area (Å²) in [5.41, 5.74) is 0.586. The topological polar surface area (TPSA) is 110 Å². The van der Waals surface area contributed by atoms with Gasteiger partial charge in [0.1, 0.15) is 5.69 Å². The third-order valence-electron chi connectivity index (χ3n) is 2.88. The quantitative estimate of drug-likeness (QED) is 0.457. The number of carboxylic acid groups (broad SMARTS) is 1. The van der Waals surface area contributed by atoms with Gasteiger partial charge in [-0.1, -0.05) is 6.07 Å². The number of ether oxygens (including phenoxy) is 1. The molecule has 21 heavy (non-hydrogen) atoms. The molecule has 0 bridgehead atoms. The van der Waals surface area contributed by atoms with Crippen molar-refractivity contribution in [2.24, 2.45) is 0 Å². The van der Waals surface area contributed by atoms with E-state index in [1.54, 1.807) is 13.1 Å². The molecule has 0 radical (unpaired) electrons. The van der Waals surface area contributed by atoms with Crippen LogP contribution in [0.5, 0.6) is 0 Å². The Labute approximate surface area is 121 Å². The first kappa shape index (κ1) is 16.4. The summed E-state index contributed by atoms with van der Waals surface area (Å²) in [5, 5.41) is 19.8. The number of nitro benzene ring substituents is 1. The molecule has 0 unspecified atom stereocenters. The van der Waals surface area contributed by atoms with E-state index >= 15 is 0 Å². The Kier molecular flexibility index (Phi) is 5.65. The van der Waals surface area contributed by atoms with Crippen LogP contribution in [-0.4, -0.2) is 42.7 Å². The van der Waals surface area contributed by atoms with Gasteiger partial charge in [-0.25, -0.2) is 0 Å². The molecule has 8 nitrogen and oxygen atoms in total. The van der Waals surface area contributed by atoms with Gasteiger partial charge in [0, 0.05) is 19.7 Å². The van der Waals surface area contributed by atoms with Crippen molar-refractivity contribution < 1.29 is 24.4 Å². The Morgan fingerprint density at radius 1 is 1.43 bits per heavy atom.